The van der Waals surface area contributed by atoms with E-state index >= 15 is 0 Å². The van der Waals surface area contributed by atoms with E-state index in [4.69, 9.17) is 4.74 Å². The molecule has 7 nitrogen and oxygen atoms in total. The molecular formula is C23H27N3O4. The van der Waals surface area contributed by atoms with Crippen LogP contribution in [0.5, 0.6) is 5.75 Å². The van der Waals surface area contributed by atoms with E-state index in [1.807, 2.05) is 25.9 Å². The number of carbonyl (C=O) groups excluding carboxylic acids is 2. The summed E-state index contributed by atoms with van der Waals surface area (Å²) in [5, 5.41) is 11.0. The maximum absolute atomic E-state index is 12.9. The minimum absolute atomic E-state index is 0.0974. The summed E-state index contributed by atoms with van der Waals surface area (Å²) >= 11 is 0. The number of Topliss-reactive ketones (excluding diaryl/α,β-unsaturated/α-hetero) is 1. The molecule has 0 saturated carbocycles. The molecule has 1 aliphatic rings. The van der Waals surface area contributed by atoms with Gasteiger partial charge in [-0.15, -0.1) is 0 Å². The summed E-state index contributed by atoms with van der Waals surface area (Å²) in [5.74, 6) is -0.784. The summed E-state index contributed by atoms with van der Waals surface area (Å²) in [6.45, 7) is 3.62. The first-order valence-electron chi connectivity index (χ1n) is 10.00. The highest BCUT2D eigenvalue weighted by Crippen LogP contribution is 2.39. The topological polar surface area (TPSA) is 83.0 Å². The summed E-state index contributed by atoms with van der Waals surface area (Å²) in [6, 6.07) is 9.70. The van der Waals surface area contributed by atoms with Crippen LogP contribution in [0.2, 0.25) is 0 Å². The van der Waals surface area contributed by atoms with Gasteiger partial charge in [-0.1, -0.05) is 0 Å². The van der Waals surface area contributed by atoms with E-state index in [-0.39, 0.29) is 11.3 Å². The molecule has 2 heterocycles. The smallest absolute Gasteiger partial charge is 0.295 e. The Balaban J connectivity index is 2.02. The van der Waals surface area contributed by atoms with Crippen molar-refractivity contribution in [3.8, 4) is 5.75 Å². The van der Waals surface area contributed by atoms with Crippen molar-refractivity contribution in [1.29, 1.82) is 0 Å². The number of aliphatic hydroxyl groups excluding tert-OH is 1. The largest absolute Gasteiger partial charge is 0.507 e. The molecule has 0 radical (unpaired) electrons. The predicted molar refractivity (Wildman–Crippen MR) is 114 cm³/mol. The summed E-state index contributed by atoms with van der Waals surface area (Å²) in [5.41, 5.74) is 1.30. The second-order valence-corrected chi connectivity index (χ2v) is 7.39. The van der Waals surface area contributed by atoms with Crippen LogP contribution in [0.4, 0.5) is 0 Å². The lowest BCUT2D eigenvalue weighted by Gasteiger charge is -2.25. The van der Waals surface area contributed by atoms with Crippen LogP contribution in [0.3, 0.4) is 0 Å². The van der Waals surface area contributed by atoms with E-state index in [0.29, 0.717) is 30.9 Å². The zero-order chi connectivity index (χ0) is 21.7. The normalized spacial score (nSPS) is 18.3. The highest BCUT2D eigenvalue weighted by Gasteiger charge is 2.45. The minimum Gasteiger partial charge on any atom is -0.507 e. The molecule has 7 heteroatoms. The molecule has 0 aliphatic carbocycles. The molecule has 3 rings (SSSR count). The Morgan fingerprint density at radius 2 is 1.80 bits per heavy atom. The van der Waals surface area contributed by atoms with Crippen molar-refractivity contribution in [2.24, 2.45) is 0 Å². The molecule has 1 amide bonds. The third-order valence-corrected chi connectivity index (χ3v) is 5.00. The first-order chi connectivity index (χ1) is 14.4. The fourth-order valence-corrected chi connectivity index (χ4v) is 3.59. The van der Waals surface area contributed by atoms with Gasteiger partial charge in [-0.3, -0.25) is 14.6 Å². The van der Waals surface area contributed by atoms with Gasteiger partial charge in [0, 0.05) is 24.5 Å². The number of pyridine rings is 1. The summed E-state index contributed by atoms with van der Waals surface area (Å²) < 4.78 is 5.44. The fourth-order valence-electron chi connectivity index (χ4n) is 3.59. The summed E-state index contributed by atoms with van der Waals surface area (Å²) in [7, 11) is 3.92. The minimum atomic E-state index is -0.673. The third kappa shape index (κ3) is 4.52. The standard InChI is InChI=1S/C23H27N3O4/c1-4-30-18-8-6-17(7-9-18)21(27)19-20(16-10-12-24-13-11-16)26(23(29)22(19)28)15-5-14-25(2)3/h6-13,20,27H,4-5,14-15H2,1-3H3/b21-19-. The third-order valence-electron chi connectivity index (χ3n) is 5.00. The Morgan fingerprint density at radius 1 is 1.13 bits per heavy atom. The molecule has 1 saturated heterocycles. The molecule has 158 valence electrons. The predicted octanol–water partition coefficient (Wildman–Crippen LogP) is 2.85. The van der Waals surface area contributed by atoms with Gasteiger partial charge >= 0.3 is 0 Å². The Bertz CT molecular complexity index is 923. The number of aromatic nitrogens is 1. The molecule has 1 aliphatic heterocycles. The Hall–Kier alpha value is -3.19. The molecule has 1 aromatic heterocycles. The van der Waals surface area contributed by atoms with Gasteiger partial charge in [0.2, 0.25) is 0 Å². The van der Waals surface area contributed by atoms with Crippen molar-refractivity contribution < 1.29 is 19.4 Å². The lowest BCUT2D eigenvalue weighted by Crippen LogP contribution is -2.32. The molecule has 1 fully saturated rings. The molecular weight excluding hydrogens is 382 g/mol. The molecule has 2 aromatic rings. The quantitative estimate of drug-likeness (QED) is 0.410. The Kier molecular flexibility index (Phi) is 6.84. The van der Waals surface area contributed by atoms with Crippen LogP contribution in [-0.2, 0) is 9.59 Å². The number of likely N-dealkylation sites (tertiary alicyclic amines) is 1. The number of ether oxygens (including phenoxy) is 1. The molecule has 1 N–H and O–H groups in total. The van der Waals surface area contributed by atoms with Crippen LogP contribution in [0.25, 0.3) is 5.76 Å². The number of aliphatic hydroxyl groups is 1. The average molecular weight is 409 g/mol. The number of hydrogen-bond acceptors (Lipinski definition) is 6. The van der Waals surface area contributed by atoms with Crippen LogP contribution in [0.15, 0.2) is 54.4 Å². The van der Waals surface area contributed by atoms with Crippen molar-refractivity contribution in [1.82, 2.24) is 14.8 Å². The Labute approximate surface area is 176 Å². The molecule has 30 heavy (non-hydrogen) atoms. The van der Waals surface area contributed by atoms with Crippen LogP contribution >= 0.6 is 0 Å². The van der Waals surface area contributed by atoms with Crippen molar-refractivity contribution in [2.75, 3.05) is 33.8 Å². The summed E-state index contributed by atoms with van der Waals surface area (Å²) in [4.78, 5) is 33.4. The van der Waals surface area contributed by atoms with E-state index in [1.54, 1.807) is 53.7 Å². The van der Waals surface area contributed by atoms with Crippen molar-refractivity contribution in [2.45, 2.75) is 19.4 Å². The van der Waals surface area contributed by atoms with Crippen LogP contribution in [0, 0.1) is 0 Å². The van der Waals surface area contributed by atoms with Crippen molar-refractivity contribution >= 4 is 17.4 Å². The van der Waals surface area contributed by atoms with Gasteiger partial charge in [-0.2, -0.15) is 0 Å². The number of amides is 1. The number of ketones is 1. The van der Waals surface area contributed by atoms with Gasteiger partial charge in [0.25, 0.3) is 11.7 Å². The first-order valence-corrected chi connectivity index (χ1v) is 10.00. The molecule has 0 spiro atoms. The average Bonchev–Trinajstić information content (AvgIpc) is 2.99. The highest BCUT2D eigenvalue weighted by atomic mass is 16.5. The molecule has 0 bridgehead atoms. The maximum Gasteiger partial charge on any atom is 0.295 e. The van der Waals surface area contributed by atoms with E-state index < -0.39 is 17.7 Å². The number of benzene rings is 1. The van der Waals surface area contributed by atoms with Gasteiger partial charge in [-0.25, -0.2) is 0 Å². The van der Waals surface area contributed by atoms with E-state index in [9.17, 15) is 14.7 Å². The van der Waals surface area contributed by atoms with E-state index in [2.05, 4.69) is 4.98 Å². The molecule has 1 aromatic carbocycles. The van der Waals surface area contributed by atoms with Crippen LogP contribution in [-0.4, -0.2) is 65.4 Å². The van der Waals surface area contributed by atoms with Gasteiger partial charge in [0.05, 0.1) is 18.2 Å². The van der Waals surface area contributed by atoms with E-state index in [1.165, 1.54) is 0 Å². The maximum atomic E-state index is 12.9. The SMILES string of the molecule is CCOc1ccc(/C(O)=C2/C(=O)C(=O)N(CCCN(C)C)C2c2ccncc2)cc1. The number of hydrogen-bond donors (Lipinski definition) is 1. The van der Waals surface area contributed by atoms with Gasteiger partial charge in [-0.05, 0) is 75.9 Å². The van der Waals surface area contributed by atoms with Gasteiger partial charge in [0.15, 0.2) is 0 Å². The van der Waals surface area contributed by atoms with Gasteiger partial charge < -0.3 is 19.6 Å². The highest BCUT2D eigenvalue weighted by molar-refractivity contribution is 6.46. The van der Waals surface area contributed by atoms with Gasteiger partial charge in [0.1, 0.15) is 11.5 Å². The van der Waals surface area contributed by atoms with Crippen molar-refractivity contribution in [3.63, 3.8) is 0 Å². The Morgan fingerprint density at radius 3 is 2.40 bits per heavy atom. The summed E-state index contributed by atoms with van der Waals surface area (Å²) in [6.07, 6.45) is 3.95. The molecule has 1 unspecified atom stereocenters. The first kappa shape index (κ1) is 21.5. The molecule has 1 atom stereocenters. The van der Waals surface area contributed by atoms with E-state index in [0.717, 1.165) is 12.1 Å². The van der Waals surface area contributed by atoms with Crippen LogP contribution < -0.4 is 4.74 Å². The second-order valence-electron chi connectivity index (χ2n) is 7.39. The van der Waals surface area contributed by atoms with Crippen LogP contribution in [0.1, 0.15) is 30.5 Å². The lowest BCUT2D eigenvalue weighted by atomic mass is 9.96. The number of nitrogens with zero attached hydrogens (tertiary/aromatic N) is 3. The number of carbonyl (C=O) groups is 2. The fraction of sp³-hybridized carbons (Fsp3) is 0.348. The monoisotopic (exact) mass is 409 g/mol. The zero-order valence-corrected chi connectivity index (χ0v) is 17.5. The lowest BCUT2D eigenvalue weighted by molar-refractivity contribution is -0.139. The zero-order valence-electron chi connectivity index (χ0n) is 17.5. The second kappa shape index (κ2) is 9.54. The van der Waals surface area contributed by atoms with Crippen molar-refractivity contribution in [3.05, 3.63) is 65.5 Å². The number of rotatable bonds is 8.